The third kappa shape index (κ3) is 3.02. The lowest BCUT2D eigenvalue weighted by Gasteiger charge is -2.02. The van der Waals surface area contributed by atoms with E-state index in [9.17, 15) is 9.18 Å². The van der Waals surface area contributed by atoms with Gasteiger partial charge in [0.05, 0.1) is 0 Å². The zero-order valence-electron chi connectivity index (χ0n) is 10.9. The molecular weight excluding hydrogens is 275 g/mol. The summed E-state index contributed by atoms with van der Waals surface area (Å²) in [4.78, 5) is 11.7. The molecule has 0 bridgehead atoms. The lowest BCUT2D eigenvalue weighted by atomic mass is 10.2. The molecule has 0 saturated heterocycles. The highest BCUT2D eigenvalue weighted by Crippen LogP contribution is 2.35. The average Bonchev–Trinajstić information content (AvgIpc) is 2.94. The fourth-order valence-corrected chi connectivity index (χ4v) is 1.86. The predicted octanol–water partition coefficient (Wildman–Crippen LogP) is 3.17. The maximum absolute atomic E-state index is 13.4. The molecule has 5 heteroatoms. The molecular formula is C16H11FO4. The Labute approximate surface area is 120 Å². The summed E-state index contributed by atoms with van der Waals surface area (Å²) in [6, 6.07) is 11.0. The maximum atomic E-state index is 13.4. The van der Waals surface area contributed by atoms with Crippen molar-refractivity contribution in [2.75, 3.05) is 6.79 Å². The van der Waals surface area contributed by atoms with Crippen LogP contribution in [-0.4, -0.2) is 12.8 Å². The van der Waals surface area contributed by atoms with Crippen LogP contribution in [0.3, 0.4) is 0 Å². The van der Waals surface area contributed by atoms with Crippen LogP contribution in [0.4, 0.5) is 4.39 Å². The van der Waals surface area contributed by atoms with Gasteiger partial charge >= 0.3 is 5.97 Å². The number of hydrogen-bond acceptors (Lipinski definition) is 4. The SMILES string of the molecule is O=C(/C=C/c1ccccc1F)Oc1ccc2c(c1)OCO2. The second-order valence-electron chi connectivity index (χ2n) is 4.29. The smallest absolute Gasteiger partial charge is 0.336 e. The molecule has 0 amide bonds. The Bertz CT molecular complexity index is 709. The fourth-order valence-electron chi connectivity index (χ4n) is 1.86. The van der Waals surface area contributed by atoms with Gasteiger partial charge < -0.3 is 14.2 Å². The normalized spacial score (nSPS) is 12.6. The second-order valence-corrected chi connectivity index (χ2v) is 4.29. The molecule has 1 aliphatic rings. The Kier molecular flexibility index (Phi) is 3.55. The van der Waals surface area contributed by atoms with Gasteiger partial charge in [-0.25, -0.2) is 9.18 Å². The Morgan fingerprint density at radius 1 is 1.14 bits per heavy atom. The van der Waals surface area contributed by atoms with Crippen molar-refractivity contribution in [3.63, 3.8) is 0 Å². The minimum Gasteiger partial charge on any atom is -0.454 e. The highest BCUT2D eigenvalue weighted by molar-refractivity contribution is 5.88. The van der Waals surface area contributed by atoms with E-state index >= 15 is 0 Å². The monoisotopic (exact) mass is 286 g/mol. The molecule has 4 nitrogen and oxygen atoms in total. The Balaban J connectivity index is 1.68. The molecule has 0 radical (unpaired) electrons. The number of fused-ring (bicyclic) bond motifs is 1. The van der Waals surface area contributed by atoms with Crippen LogP contribution in [-0.2, 0) is 4.79 Å². The van der Waals surface area contributed by atoms with Crippen molar-refractivity contribution < 1.29 is 23.4 Å². The van der Waals surface area contributed by atoms with Crippen LogP contribution in [0.1, 0.15) is 5.56 Å². The first-order valence-corrected chi connectivity index (χ1v) is 6.26. The van der Waals surface area contributed by atoms with Gasteiger partial charge in [-0.05, 0) is 24.3 Å². The van der Waals surface area contributed by atoms with Crippen LogP contribution in [0.15, 0.2) is 48.5 Å². The van der Waals surface area contributed by atoms with Gasteiger partial charge in [0.1, 0.15) is 11.6 Å². The van der Waals surface area contributed by atoms with Crippen molar-refractivity contribution in [1.82, 2.24) is 0 Å². The van der Waals surface area contributed by atoms with Crippen molar-refractivity contribution in [3.05, 3.63) is 59.9 Å². The number of hydrogen-bond donors (Lipinski definition) is 0. The minimum atomic E-state index is -0.600. The van der Waals surface area contributed by atoms with Gasteiger partial charge in [-0.15, -0.1) is 0 Å². The number of esters is 1. The highest BCUT2D eigenvalue weighted by Gasteiger charge is 2.14. The van der Waals surface area contributed by atoms with Crippen LogP contribution >= 0.6 is 0 Å². The topological polar surface area (TPSA) is 44.8 Å². The van der Waals surface area contributed by atoms with E-state index in [0.717, 1.165) is 0 Å². The number of carbonyl (C=O) groups is 1. The number of ether oxygens (including phenoxy) is 3. The number of benzene rings is 2. The third-order valence-corrected chi connectivity index (χ3v) is 2.87. The minimum absolute atomic E-state index is 0.153. The van der Waals surface area contributed by atoms with Gasteiger partial charge in [-0.1, -0.05) is 18.2 Å². The summed E-state index contributed by atoms with van der Waals surface area (Å²) in [5.41, 5.74) is 0.320. The molecule has 1 heterocycles. The summed E-state index contributed by atoms with van der Waals surface area (Å²) in [5, 5.41) is 0. The van der Waals surface area contributed by atoms with Crippen molar-refractivity contribution >= 4 is 12.0 Å². The molecule has 0 saturated carbocycles. The van der Waals surface area contributed by atoms with Gasteiger partial charge in [-0.2, -0.15) is 0 Å². The van der Waals surface area contributed by atoms with Gasteiger partial charge in [0.2, 0.25) is 6.79 Å². The van der Waals surface area contributed by atoms with Crippen LogP contribution in [0, 0.1) is 5.82 Å². The van der Waals surface area contributed by atoms with E-state index in [-0.39, 0.29) is 6.79 Å². The molecule has 2 aromatic rings. The molecule has 2 aromatic carbocycles. The summed E-state index contributed by atoms with van der Waals surface area (Å²) in [6.45, 7) is 0.153. The number of rotatable bonds is 3. The van der Waals surface area contributed by atoms with E-state index < -0.39 is 11.8 Å². The molecule has 1 aliphatic heterocycles. The average molecular weight is 286 g/mol. The molecule has 0 unspecified atom stereocenters. The van der Waals surface area contributed by atoms with Gasteiger partial charge in [0.15, 0.2) is 11.5 Å². The highest BCUT2D eigenvalue weighted by atomic mass is 19.1. The van der Waals surface area contributed by atoms with E-state index in [1.165, 1.54) is 18.2 Å². The molecule has 0 spiro atoms. The molecule has 106 valence electrons. The first-order valence-electron chi connectivity index (χ1n) is 6.26. The summed E-state index contributed by atoms with van der Waals surface area (Å²) >= 11 is 0. The van der Waals surface area contributed by atoms with Crippen LogP contribution in [0.5, 0.6) is 17.2 Å². The summed E-state index contributed by atoms with van der Waals surface area (Å²) in [6.07, 6.45) is 2.54. The zero-order chi connectivity index (χ0) is 14.7. The van der Waals surface area contributed by atoms with E-state index in [4.69, 9.17) is 14.2 Å². The lowest BCUT2D eigenvalue weighted by Crippen LogP contribution is -2.03. The van der Waals surface area contributed by atoms with Gasteiger partial charge in [-0.3, -0.25) is 0 Å². The summed E-state index contributed by atoms with van der Waals surface area (Å²) in [5.74, 6) is 0.472. The van der Waals surface area contributed by atoms with Crippen LogP contribution in [0.25, 0.3) is 6.08 Å². The van der Waals surface area contributed by atoms with Crippen LogP contribution < -0.4 is 14.2 Å². The van der Waals surface area contributed by atoms with Crippen molar-refractivity contribution in [2.45, 2.75) is 0 Å². The van der Waals surface area contributed by atoms with Crippen molar-refractivity contribution in [1.29, 1.82) is 0 Å². The Morgan fingerprint density at radius 2 is 1.95 bits per heavy atom. The molecule has 0 aromatic heterocycles. The largest absolute Gasteiger partial charge is 0.454 e. The molecule has 0 fully saturated rings. The van der Waals surface area contributed by atoms with E-state index in [2.05, 4.69) is 0 Å². The predicted molar refractivity (Wildman–Crippen MR) is 73.6 cm³/mol. The number of halogens is 1. The summed E-state index contributed by atoms with van der Waals surface area (Å²) < 4.78 is 28.8. The summed E-state index contributed by atoms with van der Waals surface area (Å²) in [7, 11) is 0. The third-order valence-electron chi connectivity index (χ3n) is 2.87. The molecule has 0 N–H and O–H groups in total. The van der Waals surface area contributed by atoms with Crippen LogP contribution in [0.2, 0.25) is 0 Å². The van der Waals surface area contributed by atoms with E-state index in [1.54, 1.807) is 36.4 Å². The molecule has 21 heavy (non-hydrogen) atoms. The van der Waals surface area contributed by atoms with E-state index in [1.807, 2.05) is 0 Å². The lowest BCUT2D eigenvalue weighted by molar-refractivity contribution is -0.128. The first-order chi connectivity index (χ1) is 10.2. The second kappa shape index (κ2) is 5.66. The molecule has 0 atom stereocenters. The zero-order valence-corrected chi connectivity index (χ0v) is 10.9. The van der Waals surface area contributed by atoms with Crippen molar-refractivity contribution in [2.24, 2.45) is 0 Å². The molecule has 0 aliphatic carbocycles. The Hall–Kier alpha value is -2.82. The first kappa shape index (κ1) is 13.2. The fraction of sp³-hybridized carbons (Fsp3) is 0.0625. The number of carbonyl (C=O) groups excluding carboxylic acids is 1. The maximum Gasteiger partial charge on any atom is 0.336 e. The standard InChI is InChI=1S/C16H11FO4/c17-13-4-2-1-3-11(13)5-8-16(18)21-12-6-7-14-15(9-12)20-10-19-14/h1-9H,10H2/b8-5+. The van der Waals surface area contributed by atoms with Crippen molar-refractivity contribution in [3.8, 4) is 17.2 Å². The quantitative estimate of drug-likeness (QED) is 0.494. The van der Waals surface area contributed by atoms with Gasteiger partial charge in [0, 0.05) is 17.7 Å². The Morgan fingerprint density at radius 3 is 2.81 bits per heavy atom. The van der Waals surface area contributed by atoms with Gasteiger partial charge in [0.25, 0.3) is 0 Å². The van der Waals surface area contributed by atoms with E-state index in [0.29, 0.717) is 22.8 Å². The molecule has 3 rings (SSSR count).